The minimum Gasteiger partial charge on any atom is -0.481 e. The highest BCUT2D eigenvalue weighted by molar-refractivity contribution is 5.95. The van der Waals surface area contributed by atoms with Crippen LogP contribution in [0.15, 0.2) is 0 Å². The molecule has 1 rings (SSSR count). The highest BCUT2D eigenvalue weighted by Gasteiger charge is 2.34. The molecule has 1 heterocycles. The van der Waals surface area contributed by atoms with Gasteiger partial charge in [-0.05, 0) is 32.1 Å². The molecule has 1 fully saturated rings. The van der Waals surface area contributed by atoms with E-state index in [-0.39, 0.29) is 18.9 Å². The van der Waals surface area contributed by atoms with E-state index in [4.69, 9.17) is 10.8 Å². The molecule has 1 aliphatic rings. The number of carboxylic acid groups (broad SMARTS) is 2. The maximum atomic E-state index is 12.7. The topological polar surface area (TPSA) is 237 Å². The summed E-state index contributed by atoms with van der Waals surface area (Å²) in [6.07, 6.45) is 0.478. The summed E-state index contributed by atoms with van der Waals surface area (Å²) < 4.78 is 0. The summed E-state index contributed by atoms with van der Waals surface area (Å²) in [5.41, 5.74) is 5.43. The van der Waals surface area contributed by atoms with Crippen molar-refractivity contribution in [2.75, 3.05) is 19.6 Å². The Morgan fingerprint density at radius 1 is 0.919 bits per heavy atom. The van der Waals surface area contributed by atoms with Crippen LogP contribution < -0.4 is 27.0 Å². The predicted molar refractivity (Wildman–Crippen MR) is 128 cm³/mol. The van der Waals surface area contributed by atoms with Crippen molar-refractivity contribution >= 4 is 41.5 Å². The average Bonchev–Trinajstić information content (AvgIpc) is 3.30. The van der Waals surface area contributed by atoms with Crippen molar-refractivity contribution in [1.29, 1.82) is 0 Å². The molecule has 8 N–H and O–H groups in total. The number of carbonyl (C=O) groups excluding carboxylic acids is 5. The summed E-state index contributed by atoms with van der Waals surface area (Å²) in [6.45, 7) is 4.30. The van der Waals surface area contributed by atoms with Crippen LogP contribution in [0.2, 0.25) is 0 Å². The molecule has 1 aliphatic heterocycles. The first-order chi connectivity index (χ1) is 17.2. The molecule has 0 saturated carbocycles. The molecule has 15 nitrogen and oxygen atoms in total. The van der Waals surface area contributed by atoms with E-state index in [9.17, 15) is 38.7 Å². The molecule has 0 aromatic rings. The van der Waals surface area contributed by atoms with Gasteiger partial charge in [0, 0.05) is 6.54 Å². The number of rotatable bonds is 14. The fraction of sp³-hybridized carbons (Fsp3) is 0.682. The van der Waals surface area contributed by atoms with Crippen LogP contribution in [0.5, 0.6) is 0 Å². The fourth-order valence-corrected chi connectivity index (χ4v) is 3.65. The number of hydrogen-bond donors (Lipinski definition) is 7. The van der Waals surface area contributed by atoms with Gasteiger partial charge in [0.1, 0.15) is 18.1 Å². The summed E-state index contributed by atoms with van der Waals surface area (Å²) in [4.78, 5) is 84.6. The van der Waals surface area contributed by atoms with Crippen molar-refractivity contribution in [3.05, 3.63) is 0 Å². The molecule has 5 amide bonds. The molecule has 0 unspecified atom stereocenters. The Morgan fingerprint density at radius 3 is 2.11 bits per heavy atom. The number of aliphatic carboxylic acids is 2. The Hall–Kier alpha value is -3.75. The van der Waals surface area contributed by atoms with Crippen molar-refractivity contribution < 1.29 is 43.8 Å². The zero-order valence-electron chi connectivity index (χ0n) is 21.1. The van der Waals surface area contributed by atoms with Gasteiger partial charge >= 0.3 is 11.9 Å². The number of carbonyl (C=O) groups is 7. The van der Waals surface area contributed by atoms with E-state index in [1.807, 2.05) is 13.8 Å². The SMILES string of the molecule is CC(C)C[C@H](NC(=O)CNC(=O)[C@@H](N)CC(=O)O)C(=O)N[C@@H](C)C(=O)NCC(=O)N1CCC[C@H]1C(=O)O. The van der Waals surface area contributed by atoms with Gasteiger partial charge in [-0.15, -0.1) is 0 Å². The fourth-order valence-electron chi connectivity index (χ4n) is 3.65. The van der Waals surface area contributed by atoms with Crippen LogP contribution >= 0.6 is 0 Å². The normalized spacial score (nSPS) is 17.3. The van der Waals surface area contributed by atoms with Crippen LogP contribution in [0.3, 0.4) is 0 Å². The number of hydrogen-bond acceptors (Lipinski definition) is 8. The van der Waals surface area contributed by atoms with Crippen LogP contribution in [0, 0.1) is 5.92 Å². The van der Waals surface area contributed by atoms with E-state index < -0.39 is 85.2 Å². The molecule has 0 aromatic heterocycles. The number of nitrogens with two attached hydrogens (primary N) is 1. The van der Waals surface area contributed by atoms with Gasteiger partial charge in [-0.25, -0.2) is 4.79 Å². The first-order valence-electron chi connectivity index (χ1n) is 11.9. The molecule has 4 atom stereocenters. The second-order valence-corrected chi connectivity index (χ2v) is 9.20. The highest BCUT2D eigenvalue weighted by atomic mass is 16.4. The molecule has 37 heavy (non-hydrogen) atoms. The van der Waals surface area contributed by atoms with Crippen molar-refractivity contribution in [1.82, 2.24) is 26.2 Å². The van der Waals surface area contributed by atoms with Gasteiger partial charge in [0.2, 0.25) is 29.5 Å². The first kappa shape index (κ1) is 31.3. The van der Waals surface area contributed by atoms with E-state index in [1.165, 1.54) is 11.8 Å². The van der Waals surface area contributed by atoms with Gasteiger partial charge < -0.3 is 42.1 Å². The predicted octanol–water partition coefficient (Wildman–Crippen LogP) is -2.87. The zero-order chi connectivity index (χ0) is 28.3. The summed E-state index contributed by atoms with van der Waals surface area (Å²) in [5, 5.41) is 27.3. The maximum absolute atomic E-state index is 12.7. The Labute approximate surface area is 213 Å². The average molecular weight is 529 g/mol. The molecule has 0 bridgehead atoms. The molecule has 0 radical (unpaired) electrons. The zero-order valence-corrected chi connectivity index (χ0v) is 21.1. The van der Waals surface area contributed by atoms with Gasteiger partial charge in [-0.1, -0.05) is 13.8 Å². The smallest absolute Gasteiger partial charge is 0.326 e. The van der Waals surface area contributed by atoms with Crippen molar-refractivity contribution in [3.63, 3.8) is 0 Å². The number of amides is 5. The number of nitrogens with zero attached hydrogens (tertiary/aromatic N) is 1. The molecule has 1 saturated heterocycles. The van der Waals surface area contributed by atoms with Crippen molar-refractivity contribution in [2.24, 2.45) is 11.7 Å². The van der Waals surface area contributed by atoms with E-state index in [0.717, 1.165) is 0 Å². The monoisotopic (exact) mass is 528 g/mol. The lowest BCUT2D eigenvalue weighted by atomic mass is 10.0. The lowest BCUT2D eigenvalue weighted by Gasteiger charge is -2.24. The summed E-state index contributed by atoms with van der Waals surface area (Å²) in [7, 11) is 0. The van der Waals surface area contributed by atoms with Crippen LogP contribution in [0.1, 0.15) is 46.5 Å². The molecular formula is C22H36N6O9. The van der Waals surface area contributed by atoms with Crippen molar-refractivity contribution in [3.8, 4) is 0 Å². The van der Waals surface area contributed by atoms with E-state index in [1.54, 1.807) is 0 Å². The molecule has 0 spiro atoms. The summed E-state index contributed by atoms with van der Waals surface area (Å²) >= 11 is 0. The Bertz CT molecular complexity index is 894. The van der Waals surface area contributed by atoms with Crippen LogP contribution in [0.4, 0.5) is 0 Å². The van der Waals surface area contributed by atoms with Gasteiger partial charge in [0.05, 0.1) is 25.6 Å². The van der Waals surface area contributed by atoms with E-state index >= 15 is 0 Å². The molecule has 15 heteroatoms. The maximum Gasteiger partial charge on any atom is 0.326 e. The molecule has 208 valence electrons. The van der Waals surface area contributed by atoms with Crippen molar-refractivity contribution in [2.45, 2.75) is 70.6 Å². The highest BCUT2D eigenvalue weighted by Crippen LogP contribution is 2.17. The molecule has 0 aliphatic carbocycles. The molecular weight excluding hydrogens is 492 g/mol. The van der Waals surface area contributed by atoms with Crippen LogP contribution in [-0.2, 0) is 33.6 Å². The summed E-state index contributed by atoms with van der Waals surface area (Å²) in [5.74, 6) is -5.88. The Morgan fingerprint density at radius 2 is 1.54 bits per heavy atom. The number of carboxylic acids is 2. The van der Waals surface area contributed by atoms with Crippen LogP contribution in [0.25, 0.3) is 0 Å². The van der Waals surface area contributed by atoms with Gasteiger partial charge in [0.15, 0.2) is 0 Å². The Kier molecular flexibility index (Phi) is 12.4. The minimum absolute atomic E-state index is 0.0287. The molecule has 0 aromatic carbocycles. The third-order valence-corrected chi connectivity index (χ3v) is 5.54. The second kappa shape index (κ2) is 14.7. The quantitative estimate of drug-likeness (QED) is 0.122. The lowest BCUT2D eigenvalue weighted by molar-refractivity contribution is -0.148. The van der Waals surface area contributed by atoms with Gasteiger partial charge in [0.25, 0.3) is 0 Å². The number of likely N-dealkylation sites (tertiary alicyclic amines) is 1. The third-order valence-electron chi connectivity index (χ3n) is 5.54. The third kappa shape index (κ3) is 10.8. The van der Waals surface area contributed by atoms with Gasteiger partial charge in [-0.3, -0.25) is 28.8 Å². The number of nitrogens with one attached hydrogen (secondary N) is 4. The summed E-state index contributed by atoms with van der Waals surface area (Å²) in [6, 6.07) is -4.39. The minimum atomic E-state index is -1.34. The standard InChI is InChI=1S/C22H36N6O9/c1-11(2)7-14(27-16(29)9-24-20(34)13(23)8-18(31)32)21(35)26-12(3)19(33)25-10-17(30)28-6-4-5-15(28)22(36)37/h11-15H,4-10,23H2,1-3H3,(H,24,34)(H,25,33)(H,26,35)(H,27,29)(H,31,32)(H,36,37)/t12-,13-,14-,15-/m0/s1. The first-order valence-corrected chi connectivity index (χ1v) is 11.9. The van der Waals surface area contributed by atoms with E-state index in [2.05, 4.69) is 21.3 Å². The lowest BCUT2D eigenvalue weighted by Crippen LogP contribution is -2.55. The largest absolute Gasteiger partial charge is 0.481 e. The van der Waals surface area contributed by atoms with E-state index in [0.29, 0.717) is 12.8 Å². The second-order valence-electron chi connectivity index (χ2n) is 9.20. The van der Waals surface area contributed by atoms with Gasteiger partial charge in [-0.2, -0.15) is 0 Å². The van der Waals surface area contributed by atoms with Crippen LogP contribution in [-0.4, -0.2) is 100 Å². The Balaban J connectivity index is 2.60.